The van der Waals surface area contributed by atoms with Gasteiger partial charge in [-0.2, -0.15) is 0 Å². The van der Waals surface area contributed by atoms with Crippen molar-refractivity contribution in [3.8, 4) is 0 Å². The van der Waals surface area contributed by atoms with E-state index in [0.29, 0.717) is 0 Å². The van der Waals surface area contributed by atoms with Gasteiger partial charge in [-0.05, 0) is 12.5 Å². The molecule has 2 N–H and O–H groups in total. The van der Waals surface area contributed by atoms with Gasteiger partial charge in [-0.25, -0.2) is 18.1 Å². The number of unbranched alkanes of at least 4 members (excludes halogenated alkanes) is 11. The van der Waals surface area contributed by atoms with Crippen LogP contribution in [0.15, 0.2) is 29.4 Å². The Hall–Kier alpha value is -0.940. The fraction of sp³-hybridized carbons (Fsp3) is 0.737. The molecule has 0 aliphatic carbocycles. The van der Waals surface area contributed by atoms with Gasteiger partial charge in [0.25, 0.3) is 0 Å². The number of nitrogens with two attached hydrogens (primary N) is 1. The molecule has 0 bridgehead atoms. The van der Waals surface area contributed by atoms with E-state index in [1.807, 2.05) is 10.8 Å². The zero-order valence-corrected chi connectivity index (χ0v) is 16.1. The highest BCUT2D eigenvalue weighted by Gasteiger charge is 2.12. The van der Waals surface area contributed by atoms with E-state index < -0.39 is 10.0 Å². The predicted octanol–water partition coefficient (Wildman–Crippen LogP) is 4.32. The van der Waals surface area contributed by atoms with Crippen molar-refractivity contribution in [2.24, 2.45) is 5.14 Å². The minimum atomic E-state index is -3.60. The average molecular weight is 356 g/mol. The molecule has 0 saturated carbocycles. The molecule has 1 rings (SSSR count). The molecule has 0 aromatic carbocycles. The van der Waals surface area contributed by atoms with Crippen LogP contribution in [-0.2, 0) is 16.6 Å². The van der Waals surface area contributed by atoms with Gasteiger partial charge in [0.2, 0.25) is 10.0 Å². The first-order chi connectivity index (χ1) is 11.5. The van der Waals surface area contributed by atoms with Gasteiger partial charge in [0.1, 0.15) is 11.4 Å². The number of hydrogen-bond acceptors (Lipinski definition) is 2. The van der Waals surface area contributed by atoms with Crippen LogP contribution < -0.4 is 9.71 Å². The standard InChI is InChI=1S/C19H35N2O2S/c1-2-3-4-5-6-7-8-9-10-11-12-13-16-21-17-14-15-19(18-21)24(20,22)23/h14-15,17-18H,2-13,16H2,1H3,(H2,20,22,23)/q+1. The summed E-state index contributed by atoms with van der Waals surface area (Å²) >= 11 is 0. The van der Waals surface area contributed by atoms with Crippen molar-refractivity contribution in [1.82, 2.24) is 0 Å². The summed E-state index contributed by atoms with van der Waals surface area (Å²) in [6.45, 7) is 3.11. The maximum absolute atomic E-state index is 11.3. The molecule has 1 aromatic heterocycles. The maximum atomic E-state index is 11.3. The lowest BCUT2D eigenvalue weighted by atomic mass is 10.1. The van der Waals surface area contributed by atoms with Gasteiger partial charge in [0.05, 0.1) is 0 Å². The number of nitrogens with zero attached hydrogens (tertiary/aromatic N) is 1. The maximum Gasteiger partial charge on any atom is 0.243 e. The van der Waals surface area contributed by atoms with Gasteiger partial charge >= 0.3 is 0 Å². The molecule has 0 fully saturated rings. The lowest BCUT2D eigenvalue weighted by Crippen LogP contribution is -2.34. The van der Waals surface area contributed by atoms with E-state index in [1.54, 1.807) is 12.3 Å². The SMILES string of the molecule is CCCCCCCCCCCCCC[n+]1cccc(S(N)(=O)=O)c1. The molecule has 0 spiro atoms. The zero-order chi connectivity index (χ0) is 17.7. The summed E-state index contributed by atoms with van der Waals surface area (Å²) in [5, 5.41) is 5.15. The Morgan fingerprint density at radius 1 is 0.875 bits per heavy atom. The van der Waals surface area contributed by atoms with Crippen LogP contribution in [0.4, 0.5) is 0 Å². The molecule has 0 amide bonds. The number of rotatable bonds is 14. The van der Waals surface area contributed by atoms with Crippen molar-refractivity contribution in [2.45, 2.75) is 95.4 Å². The normalized spacial score (nSPS) is 11.8. The van der Waals surface area contributed by atoms with Crippen LogP contribution in [0.3, 0.4) is 0 Å². The summed E-state index contributed by atoms with van der Waals surface area (Å²) in [5.74, 6) is 0. The lowest BCUT2D eigenvalue weighted by Gasteiger charge is -2.02. The number of aromatic nitrogens is 1. The highest BCUT2D eigenvalue weighted by molar-refractivity contribution is 7.89. The van der Waals surface area contributed by atoms with Crippen LogP contribution in [0, 0.1) is 0 Å². The summed E-state index contributed by atoms with van der Waals surface area (Å²) in [6.07, 6.45) is 19.4. The number of pyridine rings is 1. The third kappa shape index (κ3) is 10.0. The Morgan fingerprint density at radius 2 is 1.38 bits per heavy atom. The fourth-order valence-electron chi connectivity index (χ4n) is 2.94. The largest absolute Gasteiger partial charge is 0.243 e. The first kappa shape index (κ1) is 21.1. The van der Waals surface area contributed by atoms with E-state index in [2.05, 4.69) is 6.92 Å². The minimum Gasteiger partial charge on any atom is -0.224 e. The average Bonchev–Trinajstić information content (AvgIpc) is 2.55. The molecule has 138 valence electrons. The van der Waals surface area contributed by atoms with Crippen LogP contribution in [0.5, 0.6) is 0 Å². The third-order valence-electron chi connectivity index (χ3n) is 4.43. The van der Waals surface area contributed by atoms with Crippen molar-refractivity contribution in [1.29, 1.82) is 0 Å². The second-order valence-corrected chi connectivity index (χ2v) is 8.27. The molecule has 4 nitrogen and oxygen atoms in total. The fourth-order valence-corrected chi connectivity index (χ4v) is 3.49. The molecule has 24 heavy (non-hydrogen) atoms. The molecule has 0 aliphatic rings. The molecular formula is C19H35N2O2S+. The number of aryl methyl sites for hydroxylation is 1. The smallest absolute Gasteiger partial charge is 0.224 e. The Bertz CT molecular complexity index is 544. The second kappa shape index (κ2) is 12.4. The predicted molar refractivity (Wildman–Crippen MR) is 99.1 cm³/mol. The Kier molecular flexibility index (Phi) is 10.9. The summed E-state index contributed by atoms with van der Waals surface area (Å²) < 4.78 is 24.6. The monoisotopic (exact) mass is 355 g/mol. The molecule has 0 unspecified atom stereocenters. The van der Waals surface area contributed by atoms with Gasteiger partial charge in [0, 0.05) is 12.5 Å². The Balaban J connectivity index is 2.01. The molecule has 0 saturated heterocycles. The summed E-state index contributed by atoms with van der Waals surface area (Å²) in [5.41, 5.74) is 0. The van der Waals surface area contributed by atoms with E-state index >= 15 is 0 Å². The summed E-state index contributed by atoms with van der Waals surface area (Å²) in [4.78, 5) is 0.184. The van der Waals surface area contributed by atoms with E-state index in [-0.39, 0.29) is 4.90 Å². The second-order valence-electron chi connectivity index (χ2n) is 6.71. The van der Waals surface area contributed by atoms with E-state index in [0.717, 1.165) is 13.0 Å². The molecule has 1 heterocycles. The van der Waals surface area contributed by atoms with Gasteiger partial charge in [-0.15, -0.1) is 0 Å². The first-order valence-corrected chi connectivity index (χ1v) is 11.1. The number of primary sulfonamides is 1. The number of sulfonamides is 1. The van der Waals surface area contributed by atoms with Gasteiger partial charge in [-0.3, -0.25) is 0 Å². The number of hydrogen-bond donors (Lipinski definition) is 1. The van der Waals surface area contributed by atoms with Crippen LogP contribution in [-0.4, -0.2) is 8.42 Å². The lowest BCUT2D eigenvalue weighted by molar-refractivity contribution is -0.699. The molecular weight excluding hydrogens is 320 g/mol. The van der Waals surface area contributed by atoms with Crippen molar-refractivity contribution < 1.29 is 13.0 Å². The van der Waals surface area contributed by atoms with Gasteiger partial charge in [-0.1, -0.05) is 71.1 Å². The van der Waals surface area contributed by atoms with Crippen molar-refractivity contribution in [3.63, 3.8) is 0 Å². The van der Waals surface area contributed by atoms with Crippen LogP contribution in [0.1, 0.15) is 84.0 Å². The van der Waals surface area contributed by atoms with Crippen LogP contribution in [0.25, 0.3) is 0 Å². The van der Waals surface area contributed by atoms with Gasteiger partial charge in [0.15, 0.2) is 12.4 Å². The topological polar surface area (TPSA) is 64.0 Å². The van der Waals surface area contributed by atoms with E-state index in [1.165, 1.54) is 76.7 Å². The van der Waals surface area contributed by atoms with Crippen LogP contribution in [0.2, 0.25) is 0 Å². The molecule has 0 aliphatic heterocycles. The zero-order valence-electron chi connectivity index (χ0n) is 15.3. The quantitative estimate of drug-likeness (QED) is 0.399. The Morgan fingerprint density at radius 3 is 1.88 bits per heavy atom. The molecule has 5 heteroatoms. The Labute approximate surface area is 148 Å². The molecule has 1 aromatic rings. The van der Waals surface area contributed by atoms with E-state index in [9.17, 15) is 8.42 Å². The van der Waals surface area contributed by atoms with Gasteiger partial charge < -0.3 is 0 Å². The minimum absolute atomic E-state index is 0.184. The highest BCUT2D eigenvalue weighted by atomic mass is 32.2. The molecule has 0 atom stereocenters. The first-order valence-electron chi connectivity index (χ1n) is 9.56. The van der Waals surface area contributed by atoms with Crippen molar-refractivity contribution in [2.75, 3.05) is 0 Å². The highest BCUT2D eigenvalue weighted by Crippen LogP contribution is 2.12. The third-order valence-corrected chi connectivity index (χ3v) is 5.33. The molecule has 0 radical (unpaired) electrons. The van der Waals surface area contributed by atoms with E-state index in [4.69, 9.17) is 5.14 Å². The van der Waals surface area contributed by atoms with Crippen molar-refractivity contribution >= 4 is 10.0 Å². The van der Waals surface area contributed by atoms with Crippen molar-refractivity contribution in [3.05, 3.63) is 24.5 Å². The van der Waals surface area contributed by atoms with Crippen LogP contribution >= 0.6 is 0 Å². The summed E-state index contributed by atoms with van der Waals surface area (Å²) in [7, 11) is -3.60. The summed E-state index contributed by atoms with van der Waals surface area (Å²) in [6, 6.07) is 3.27.